The van der Waals surface area contributed by atoms with Gasteiger partial charge in [0, 0.05) is 12.1 Å². The number of rotatable bonds is 10. The van der Waals surface area contributed by atoms with E-state index in [4.69, 9.17) is 14.2 Å². The van der Waals surface area contributed by atoms with Gasteiger partial charge in [-0.2, -0.15) is 0 Å². The van der Waals surface area contributed by atoms with Gasteiger partial charge in [-0.3, -0.25) is 14.9 Å². The lowest BCUT2D eigenvalue weighted by molar-refractivity contribution is -0.150. The molecule has 148 valence electrons. The van der Waals surface area contributed by atoms with Gasteiger partial charge < -0.3 is 19.5 Å². The molecule has 27 heavy (non-hydrogen) atoms. The number of carbonyl (C=O) groups excluding carboxylic acids is 4. The highest BCUT2D eigenvalue weighted by atomic mass is 16.6. The zero-order valence-electron chi connectivity index (χ0n) is 15.6. The number of urea groups is 1. The Hall–Kier alpha value is -3.10. The number of esters is 1. The number of Topliss-reactive ketones (excluding diaryl/α,β-unsaturated/α-hetero) is 1. The molecule has 0 aliphatic heterocycles. The molecule has 0 radical (unpaired) electrons. The fourth-order valence-corrected chi connectivity index (χ4v) is 1.92. The Morgan fingerprint density at radius 2 is 1.81 bits per heavy atom. The van der Waals surface area contributed by atoms with Crippen LogP contribution in [0.25, 0.3) is 0 Å². The minimum atomic E-state index is -0.797. The predicted octanol–water partition coefficient (Wildman–Crippen LogP) is 1.45. The molecule has 0 spiro atoms. The number of carbonyl (C=O) groups is 4. The highest BCUT2D eigenvalue weighted by Crippen LogP contribution is 2.28. The van der Waals surface area contributed by atoms with E-state index in [1.165, 1.54) is 32.2 Å². The minimum absolute atomic E-state index is 0.135. The maximum atomic E-state index is 11.7. The van der Waals surface area contributed by atoms with Gasteiger partial charge in [-0.15, -0.1) is 0 Å². The van der Waals surface area contributed by atoms with Crippen molar-refractivity contribution in [1.29, 1.82) is 0 Å². The first kappa shape index (κ1) is 21.9. The number of unbranched alkanes of at least 4 members (excludes halogenated alkanes) is 1. The molecule has 0 aliphatic rings. The summed E-state index contributed by atoms with van der Waals surface area (Å²) < 4.78 is 15.1. The Balaban J connectivity index is 2.40. The van der Waals surface area contributed by atoms with Crippen LogP contribution in [-0.4, -0.2) is 50.6 Å². The Morgan fingerprint density at radius 3 is 2.44 bits per heavy atom. The average Bonchev–Trinajstić information content (AvgIpc) is 2.64. The van der Waals surface area contributed by atoms with E-state index in [9.17, 15) is 19.2 Å². The quantitative estimate of drug-likeness (QED) is 0.358. The van der Waals surface area contributed by atoms with Crippen LogP contribution in [-0.2, 0) is 14.3 Å². The van der Waals surface area contributed by atoms with Gasteiger partial charge in [0.25, 0.3) is 5.91 Å². The third-order valence-electron chi connectivity index (χ3n) is 3.35. The molecule has 0 fully saturated rings. The van der Waals surface area contributed by atoms with Gasteiger partial charge in [0.2, 0.25) is 0 Å². The summed E-state index contributed by atoms with van der Waals surface area (Å²) in [5, 5.41) is 4.54. The lowest BCUT2D eigenvalue weighted by Gasteiger charge is -2.11. The Bertz CT molecular complexity index is 688. The SMILES string of the molecule is CCCCNC(=O)NC(=O)COC(=O)COc1ccc(C(C)=O)cc1OC. The van der Waals surface area contributed by atoms with E-state index < -0.39 is 31.1 Å². The first-order valence-corrected chi connectivity index (χ1v) is 8.42. The minimum Gasteiger partial charge on any atom is -0.493 e. The van der Waals surface area contributed by atoms with Crippen LogP contribution in [0.2, 0.25) is 0 Å². The monoisotopic (exact) mass is 380 g/mol. The van der Waals surface area contributed by atoms with Crippen LogP contribution in [0.4, 0.5) is 4.79 Å². The number of amides is 3. The van der Waals surface area contributed by atoms with Gasteiger partial charge in [0.1, 0.15) is 0 Å². The zero-order valence-corrected chi connectivity index (χ0v) is 15.6. The summed E-state index contributed by atoms with van der Waals surface area (Å²) in [5.74, 6) is -1.14. The third-order valence-corrected chi connectivity index (χ3v) is 3.35. The normalized spacial score (nSPS) is 9.89. The molecule has 1 aromatic carbocycles. The average molecular weight is 380 g/mol. The molecule has 0 saturated carbocycles. The maximum Gasteiger partial charge on any atom is 0.344 e. The van der Waals surface area contributed by atoms with Crippen molar-refractivity contribution in [2.24, 2.45) is 0 Å². The fraction of sp³-hybridized carbons (Fsp3) is 0.444. The summed E-state index contributed by atoms with van der Waals surface area (Å²) in [6.45, 7) is 2.77. The highest BCUT2D eigenvalue weighted by Gasteiger charge is 2.13. The van der Waals surface area contributed by atoms with E-state index >= 15 is 0 Å². The first-order chi connectivity index (χ1) is 12.9. The van der Waals surface area contributed by atoms with Crippen LogP contribution in [0.3, 0.4) is 0 Å². The summed E-state index contributed by atoms with van der Waals surface area (Å²) in [7, 11) is 1.40. The number of methoxy groups -OCH3 is 1. The number of ketones is 1. The van der Waals surface area contributed by atoms with Gasteiger partial charge in [0.05, 0.1) is 7.11 Å². The molecule has 0 unspecified atom stereocenters. The van der Waals surface area contributed by atoms with E-state index in [0.717, 1.165) is 12.8 Å². The van der Waals surface area contributed by atoms with Crippen LogP contribution in [0, 0.1) is 0 Å². The van der Waals surface area contributed by atoms with Crippen molar-refractivity contribution in [2.45, 2.75) is 26.7 Å². The van der Waals surface area contributed by atoms with Gasteiger partial charge in [-0.05, 0) is 31.5 Å². The van der Waals surface area contributed by atoms with Crippen LogP contribution < -0.4 is 20.1 Å². The molecule has 0 atom stereocenters. The molecule has 9 heteroatoms. The standard InChI is InChI=1S/C18H24N2O7/c1-4-5-8-19-18(24)20-16(22)10-27-17(23)11-26-14-7-6-13(12(2)21)9-15(14)25-3/h6-7,9H,4-5,8,10-11H2,1-3H3,(H2,19,20,22,24). The Labute approximate surface area is 157 Å². The van der Waals surface area contributed by atoms with Gasteiger partial charge in [-0.25, -0.2) is 9.59 Å². The van der Waals surface area contributed by atoms with Crippen molar-refractivity contribution in [3.05, 3.63) is 23.8 Å². The topological polar surface area (TPSA) is 120 Å². The zero-order chi connectivity index (χ0) is 20.2. The molecular formula is C18H24N2O7. The fourth-order valence-electron chi connectivity index (χ4n) is 1.92. The molecule has 9 nitrogen and oxygen atoms in total. The summed E-state index contributed by atoms with van der Waals surface area (Å²) in [6, 6.07) is 3.89. The van der Waals surface area contributed by atoms with Crippen molar-refractivity contribution in [1.82, 2.24) is 10.6 Å². The number of benzene rings is 1. The molecule has 0 bridgehead atoms. The second-order valence-corrected chi connectivity index (χ2v) is 5.53. The van der Waals surface area contributed by atoms with Crippen LogP contribution in [0.1, 0.15) is 37.0 Å². The van der Waals surface area contributed by atoms with Crippen molar-refractivity contribution >= 4 is 23.7 Å². The van der Waals surface area contributed by atoms with Crippen LogP contribution >= 0.6 is 0 Å². The van der Waals surface area contributed by atoms with E-state index in [0.29, 0.717) is 12.1 Å². The molecule has 0 aliphatic carbocycles. The summed E-state index contributed by atoms with van der Waals surface area (Å²) in [6.07, 6.45) is 1.71. The second kappa shape index (κ2) is 11.5. The number of hydrogen-bond acceptors (Lipinski definition) is 7. The number of hydrogen-bond donors (Lipinski definition) is 2. The van der Waals surface area contributed by atoms with Gasteiger partial charge >= 0.3 is 12.0 Å². The second-order valence-electron chi connectivity index (χ2n) is 5.53. The molecule has 0 heterocycles. The largest absolute Gasteiger partial charge is 0.493 e. The number of imide groups is 1. The first-order valence-electron chi connectivity index (χ1n) is 8.42. The van der Waals surface area contributed by atoms with Crippen LogP contribution in [0.15, 0.2) is 18.2 Å². The molecule has 0 aromatic heterocycles. The molecule has 1 rings (SSSR count). The van der Waals surface area contributed by atoms with E-state index in [2.05, 4.69) is 5.32 Å². The van der Waals surface area contributed by atoms with E-state index in [-0.39, 0.29) is 17.3 Å². The maximum absolute atomic E-state index is 11.7. The Kier molecular flexibility index (Phi) is 9.35. The lowest BCUT2D eigenvalue weighted by atomic mass is 10.1. The lowest BCUT2D eigenvalue weighted by Crippen LogP contribution is -2.41. The van der Waals surface area contributed by atoms with Crippen LogP contribution in [0.5, 0.6) is 11.5 Å². The number of nitrogens with one attached hydrogen (secondary N) is 2. The highest BCUT2D eigenvalue weighted by molar-refractivity contribution is 5.95. The molecule has 2 N–H and O–H groups in total. The third kappa shape index (κ3) is 8.21. The Morgan fingerprint density at radius 1 is 1.07 bits per heavy atom. The smallest absolute Gasteiger partial charge is 0.344 e. The number of ether oxygens (including phenoxy) is 3. The molecule has 1 aromatic rings. The van der Waals surface area contributed by atoms with Crippen molar-refractivity contribution in [3.8, 4) is 11.5 Å². The van der Waals surface area contributed by atoms with Crippen molar-refractivity contribution in [3.63, 3.8) is 0 Å². The summed E-state index contributed by atoms with van der Waals surface area (Å²) >= 11 is 0. The summed E-state index contributed by atoms with van der Waals surface area (Å²) in [4.78, 5) is 45.9. The van der Waals surface area contributed by atoms with Crippen molar-refractivity contribution < 1.29 is 33.4 Å². The van der Waals surface area contributed by atoms with Gasteiger partial charge in [-0.1, -0.05) is 13.3 Å². The molecule has 0 saturated heterocycles. The van der Waals surface area contributed by atoms with E-state index in [1.807, 2.05) is 12.2 Å². The van der Waals surface area contributed by atoms with Gasteiger partial charge in [0.15, 0.2) is 30.5 Å². The molecule has 3 amide bonds. The predicted molar refractivity (Wildman–Crippen MR) is 95.9 cm³/mol. The molecular weight excluding hydrogens is 356 g/mol. The van der Waals surface area contributed by atoms with E-state index in [1.54, 1.807) is 0 Å². The summed E-state index contributed by atoms with van der Waals surface area (Å²) in [5.41, 5.74) is 0.440. The van der Waals surface area contributed by atoms with Crippen molar-refractivity contribution in [2.75, 3.05) is 26.9 Å².